The van der Waals surface area contributed by atoms with Crippen LogP contribution in [0.25, 0.3) is 0 Å². The van der Waals surface area contributed by atoms with Gasteiger partial charge in [0.2, 0.25) is 5.91 Å². The van der Waals surface area contributed by atoms with Gasteiger partial charge in [-0.3, -0.25) is 4.79 Å². The molecular weight excluding hydrogens is 365 g/mol. The highest BCUT2D eigenvalue weighted by atomic mass is 35.5. The lowest BCUT2D eigenvalue weighted by atomic mass is 9.90. The first-order chi connectivity index (χ1) is 11.2. The molecule has 0 aliphatic heterocycles. The number of nitrogens with two attached hydrogens (primary N) is 1. The van der Waals surface area contributed by atoms with Crippen LogP contribution in [0.3, 0.4) is 0 Å². The predicted octanol–water partition coefficient (Wildman–Crippen LogP) is 3.19. The number of aromatic nitrogens is 1. The number of carbonyl (C=O) groups is 1. The largest absolute Gasteiger partial charge is 0.489 e. The lowest BCUT2D eigenvalue weighted by molar-refractivity contribution is -0.118. The third-order valence-corrected chi connectivity index (χ3v) is 4.24. The predicted molar refractivity (Wildman–Crippen MR) is 104 cm³/mol. The topological polar surface area (TPSA) is 86.5 Å². The van der Waals surface area contributed by atoms with Crippen molar-refractivity contribution in [3.63, 3.8) is 0 Å². The molecule has 0 saturated heterocycles. The minimum atomic E-state index is -0.287. The Bertz CT molecular complexity index is 496. The van der Waals surface area contributed by atoms with E-state index < -0.39 is 0 Å². The minimum Gasteiger partial charge on any atom is -0.489 e. The van der Waals surface area contributed by atoms with E-state index in [1.807, 2.05) is 12.1 Å². The summed E-state index contributed by atoms with van der Waals surface area (Å²) < 4.78 is 11.0. The van der Waals surface area contributed by atoms with Crippen molar-refractivity contribution in [3.8, 4) is 5.75 Å². The van der Waals surface area contributed by atoms with Crippen LogP contribution in [0.5, 0.6) is 5.75 Å². The van der Waals surface area contributed by atoms with Gasteiger partial charge in [0.1, 0.15) is 0 Å². The monoisotopic (exact) mass is 393 g/mol. The van der Waals surface area contributed by atoms with Gasteiger partial charge in [0.25, 0.3) is 0 Å². The number of pyridine rings is 1. The lowest BCUT2D eigenvalue weighted by Gasteiger charge is -2.22. The Hall–Kier alpha value is -1.08. The molecule has 0 aromatic carbocycles. The lowest BCUT2D eigenvalue weighted by Crippen LogP contribution is -2.28. The van der Waals surface area contributed by atoms with E-state index in [0.717, 1.165) is 0 Å². The zero-order valence-corrected chi connectivity index (χ0v) is 16.2. The number of rotatable bonds is 8. The molecule has 2 rings (SSSR count). The molecule has 1 saturated carbocycles. The molecule has 6 nitrogen and oxygen atoms in total. The molecule has 144 valence electrons. The molecule has 1 unspecified atom stereocenters. The number of halogens is 2. The molecule has 0 bridgehead atoms. The second-order valence-electron chi connectivity index (χ2n) is 6.01. The van der Waals surface area contributed by atoms with Crippen LogP contribution in [0, 0.1) is 5.92 Å². The van der Waals surface area contributed by atoms with E-state index in [1.54, 1.807) is 13.3 Å². The maximum atomic E-state index is 12.1. The summed E-state index contributed by atoms with van der Waals surface area (Å²) in [4.78, 5) is 16.3. The molecule has 1 aliphatic carbocycles. The first-order valence-corrected chi connectivity index (χ1v) is 8.33. The van der Waals surface area contributed by atoms with Crippen LogP contribution in [0.2, 0.25) is 0 Å². The third-order valence-electron chi connectivity index (χ3n) is 4.24. The molecule has 1 aromatic heterocycles. The van der Waals surface area contributed by atoms with E-state index in [9.17, 15) is 4.79 Å². The fourth-order valence-corrected chi connectivity index (χ4v) is 2.82. The third kappa shape index (κ3) is 8.23. The summed E-state index contributed by atoms with van der Waals surface area (Å²) in [6, 6.07) is 3.64. The molecule has 1 aliphatic rings. The van der Waals surface area contributed by atoms with Crippen molar-refractivity contribution in [1.82, 2.24) is 4.98 Å². The van der Waals surface area contributed by atoms with Gasteiger partial charge in [-0.25, -0.2) is 4.98 Å². The molecule has 0 spiro atoms. The van der Waals surface area contributed by atoms with Crippen molar-refractivity contribution in [3.05, 3.63) is 18.3 Å². The van der Waals surface area contributed by atoms with Crippen LogP contribution in [0.15, 0.2) is 18.3 Å². The number of hydrogen-bond donors (Lipinski definition) is 2. The number of nitrogens with one attached hydrogen (secondary N) is 1. The molecule has 1 heterocycles. The molecular formula is C17H29Cl2N3O3. The van der Waals surface area contributed by atoms with Crippen LogP contribution in [-0.4, -0.2) is 37.3 Å². The van der Waals surface area contributed by atoms with E-state index in [0.29, 0.717) is 30.6 Å². The van der Waals surface area contributed by atoms with Crippen molar-refractivity contribution in [2.45, 2.75) is 44.6 Å². The van der Waals surface area contributed by atoms with E-state index in [1.165, 1.54) is 32.1 Å². The minimum absolute atomic E-state index is 0. The van der Waals surface area contributed by atoms with Crippen molar-refractivity contribution in [2.24, 2.45) is 11.7 Å². The molecule has 25 heavy (non-hydrogen) atoms. The molecule has 3 N–H and O–H groups in total. The van der Waals surface area contributed by atoms with Crippen LogP contribution in [0.1, 0.15) is 38.5 Å². The second-order valence-corrected chi connectivity index (χ2v) is 6.01. The highest BCUT2D eigenvalue weighted by Gasteiger charge is 2.17. The Morgan fingerprint density at radius 1 is 1.36 bits per heavy atom. The molecule has 8 heteroatoms. The maximum absolute atomic E-state index is 12.1. The number of amides is 1. The van der Waals surface area contributed by atoms with Gasteiger partial charge in [-0.15, -0.1) is 24.8 Å². The van der Waals surface area contributed by atoms with Gasteiger partial charge in [-0.2, -0.15) is 0 Å². The van der Waals surface area contributed by atoms with Gasteiger partial charge < -0.3 is 20.5 Å². The zero-order valence-electron chi connectivity index (χ0n) is 14.6. The van der Waals surface area contributed by atoms with E-state index in [2.05, 4.69) is 10.3 Å². The summed E-state index contributed by atoms with van der Waals surface area (Å²) in [7, 11) is 1.55. The van der Waals surface area contributed by atoms with E-state index in [4.69, 9.17) is 15.2 Å². The van der Waals surface area contributed by atoms with Crippen molar-refractivity contribution >= 4 is 36.5 Å². The smallest absolute Gasteiger partial charge is 0.228 e. The molecule has 1 atom stereocenters. The highest BCUT2D eigenvalue weighted by molar-refractivity contribution is 5.91. The summed E-state index contributed by atoms with van der Waals surface area (Å²) in [5.74, 6) is 1.50. The van der Waals surface area contributed by atoms with Crippen LogP contribution < -0.4 is 15.8 Å². The first-order valence-electron chi connectivity index (χ1n) is 8.33. The fraction of sp³-hybridized carbons (Fsp3) is 0.647. The van der Waals surface area contributed by atoms with Gasteiger partial charge in [0, 0.05) is 19.9 Å². The summed E-state index contributed by atoms with van der Waals surface area (Å²) in [5.41, 5.74) is 5.54. The normalized spacial score (nSPS) is 15.4. The van der Waals surface area contributed by atoms with Gasteiger partial charge >= 0.3 is 0 Å². The maximum Gasteiger partial charge on any atom is 0.228 e. The number of ether oxygens (including phenoxy) is 2. The molecule has 1 amide bonds. The van der Waals surface area contributed by atoms with Gasteiger partial charge in [0.15, 0.2) is 11.6 Å². The first kappa shape index (κ1) is 23.9. The van der Waals surface area contributed by atoms with Gasteiger partial charge in [-0.05, 0) is 30.9 Å². The fourth-order valence-electron chi connectivity index (χ4n) is 2.82. The van der Waals surface area contributed by atoms with Crippen molar-refractivity contribution < 1.29 is 14.3 Å². The standard InChI is InChI=1S/C17H27N3O3.2ClH/c1-22-14(11-18)10-16(21)20-17-15(8-5-9-19-17)23-12-13-6-3-2-4-7-13;;/h5,8-9,13-14H,2-4,6-7,10-12,18H2,1H3,(H,19,20,21);2*1H. The van der Waals surface area contributed by atoms with Crippen LogP contribution in [0.4, 0.5) is 5.82 Å². The average molecular weight is 394 g/mol. The number of methoxy groups -OCH3 is 1. The van der Waals surface area contributed by atoms with Gasteiger partial charge in [0.05, 0.1) is 19.1 Å². The zero-order chi connectivity index (χ0) is 16.5. The summed E-state index contributed by atoms with van der Waals surface area (Å²) in [5, 5.41) is 2.79. The second kappa shape index (κ2) is 13.2. The Morgan fingerprint density at radius 2 is 2.08 bits per heavy atom. The Morgan fingerprint density at radius 3 is 2.72 bits per heavy atom. The van der Waals surface area contributed by atoms with Crippen molar-refractivity contribution in [2.75, 3.05) is 25.6 Å². The summed E-state index contributed by atoms with van der Waals surface area (Å²) in [6.45, 7) is 0.981. The summed E-state index contributed by atoms with van der Waals surface area (Å²) >= 11 is 0. The number of hydrogen-bond acceptors (Lipinski definition) is 5. The van der Waals surface area contributed by atoms with E-state index >= 15 is 0 Å². The number of anilines is 1. The SMILES string of the molecule is COC(CN)CC(=O)Nc1ncccc1OCC1CCCCC1.Cl.Cl. The average Bonchev–Trinajstić information content (AvgIpc) is 2.60. The molecule has 0 radical (unpaired) electrons. The van der Waals surface area contributed by atoms with Crippen LogP contribution in [-0.2, 0) is 9.53 Å². The van der Waals surface area contributed by atoms with Crippen molar-refractivity contribution in [1.29, 1.82) is 0 Å². The molecule has 1 aromatic rings. The Kier molecular flexibility index (Phi) is 12.6. The van der Waals surface area contributed by atoms with Crippen LogP contribution >= 0.6 is 24.8 Å². The summed E-state index contributed by atoms with van der Waals surface area (Å²) in [6.07, 6.45) is 7.87. The van der Waals surface area contributed by atoms with Gasteiger partial charge in [-0.1, -0.05) is 19.3 Å². The quantitative estimate of drug-likeness (QED) is 0.707. The number of nitrogens with zero attached hydrogens (tertiary/aromatic N) is 1. The number of carbonyl (C=O) groups excluding carboxylic acids is 1. The Labute approximate surface area is 162 Å². The van der Waals surface area contributed by atoms with E-state index in [-0.39, 0.29) is 43.2 Å². The Balaban J connectivity index is 0.00000288. The molecule has 1 fully saturated rings. The highest BCUT2D eigenvalue weighted by Crippen LogP contribution is 2.27.